The van der Waals surface area contributed by atoms with Crippen molar-refractivity contribution < 1.29 is 0 Å². The molecule has 1 nitrogen and oxygen atoms in total. The lowest BCUT2D eigenvalue weighted by Gasteiger charge is -2.27. The van der Waals surface area contributed by atoms with Gasteiger partial charge < -0.3 is 5.73 Å². The molecule has 100 valence electrons. The number of rotatable bonds is 3. The van der Waals surface area contributed by atoms with Crippen LogP contribution in [0.3, 0.4) is 0 Å². The van der Waals surface area contributed by atoms with Gasteiger partial charge in [-0.3, -0.25) is 0 Å². The molecule has 2 N–H and O–H groups in total. The molecule has 1 fully saturated rings. The van der Waals surface area contributed by atoms with Crippen LogP contribution >= 0.6 is 0 Å². The van der Waals surface area contributed by atoms with Gasteiger partial charge in [0, 0.05) is 0 Å². The van der Waals surface area contributed by atoms with E-state index in [1.807, 2.05) is 0 Å². The zero-order valence-corrected chi connectivity index (χ0v) is 12.1. The van der Waals surface area contributed by atoms with Crippen molar-refractivity contribution in [3.8, 4) is 0 Å². The predicted octanol–water partition coefficient (Wildman–Crippen LogP) is 4.05. The molecule has 0 aromatic heterocycles. The van der Waals surface area contributed by atoms with Crippen LogP contribution in [-0.2, 0) is 11.8 Å². The van der Waals surface area contributed by atoms with Crippen molar-refractivity contribution >= 4 is 0 Å². The van der Waals surface area contributed by atoms with Crippen LogP contribution in [-0.4, -0.2) is 6.54 Å². The fraction of sp³-hybridized carbons (Fsp3) is 0.647. The minimum Gasteiger partial charge on any atom is -0.330 e. The molecule has 0 amide bonds. The highest BCUT2D eigenvalue weighted by Gasteiger charge is 2.32. The summed E-state index contributed by atoms with van der Waals surface area (Å²) in [5, 5.41) is 0. The van der Waals surface area contributed by atoms with Gasteiger partial charge in [0.25, 0.3) is 0 Å². The number of nitrogens with two attached hydrogens (primary N) is 1. The number of benzene rings is 1. The second-order valence-corrected chi connectivity index (χ2v) is 7.03. The maximum atomic E-state index is 6.02. The summed E-state index contributed by atoms with van der Waals surface area (Å²) in [6.45, 7) is 7.63. The molecule has 0 aliphatic heterocycles. The van der Waals surface area contributed by atoms with Gasteiger partial charge in [-0.1, -0.05) is 57.9 Å². The molecule has 1 aliphatic rings. The first kappa shape index (κ1) is 13.6. The lowest BCUT2D eigenvalue weighted by molar-refractivity contribution is 0.306. The van der Waals surface area contributed by atoms with E-state index in [0.717, 1.165) is 13.0 Å². The van der Waals surface area contributed by atoms with Gasteiger partial charge in [0.1, 0.15) is 0 Å². The number of hydrogen-bond donors (Lipinski definition) is 1. The molecule has 0 radical (unpaired) electrons. The van der Waals surface area contributed by atoms with Gasteiger partial charge in [0.05, 0.1) is 0 Å². The van der Waals surface area contributed by atoms with Crippen LogP contribution in [0.4, 0.5) is 0 Å². The summed E-state index contributed by atoms with van der Waals surface area (Å²) in [4.78, 5) is 0. The van der Waals surface area contributed by atoms with E-state index in [0.29, 0.717) is 5.41 Å². The van der Waals surface area contributed by atoms with Crippen LogP contribution < -0.4 is 5.73 Å². The lowest BCUT2D eigenvalue weighted by atomic mass is 9.79. The van der Waals surface area contributed by atoms with Gasteiger partial charge in [0.15, 0.2) is 0 Å². The highest BCUT2D eigenvalue weighted by atomic mass is 14.6. The summed E-state index contributed by atoms with van der Waals surface area (Å²) >= 11 is 0. The van der Waals surface area contributed by atoms with E-state index in [1.165, 1.54) is 36.8 Å². The first-order chi connectivity index (χ1) is 8.45. The minimum absolute atomic E-state index is 0.247. The molecular formula is C17H27N. The van der Waals surface area contributed by atoms with Gasteiger partial charge in [-0.25, -0.2) is 0 Å². The Morgan fingerprint density at radius 3 is 2.06 bits per heavy atom. The maximum Gasteiger partial charge on any atom is -0.00173 e. The molecule has 0 spiro atoms. The van der Waals surface area contributed by atoms with Gasteiger partial charge in [-0.05, 0) is 47.8 Å². The molecular weight excluding hydrogens is 218 g/mol. The Kier molecular flexibility index (Phi) is 3.82. The maximum absolute atomic E-state index is 6.02. The van der Waals surface area contributed by atoms with E-state index in [4.69, 9.17) is 5.73 Å². The van der Waals surface area contributed by atoms with Crippen molar-refractivity contribution in [1.82, 2.24) is 0 Å². The summed E-state index contributed by atoms with van der Waals surface area (Å²) in [5.74, 6) is 0. The fourth-order valence-corrected chi connectivity index (χ4v) is 3.13. The average Bonchev–Trinajstić information content (AvgIpc) is 2.78. The topological polar surface area (TPSA) is 26.0 Å². The Hall–Kier alpha value is -0.820. The van der Waals surface area contributed by atoms with E-state index in [9.17, 15) is 0 Å². The smallest absolute Gasteiger partial charge is 0.00173 e. The Labute approximate surface area is 112 Å². The summed E-state index contributed by atoms with van der Waals surface area (Å²) in [5.41, 5.74) is 9.53. The normalized spacial score (nSPS) is 19.1. The highest BCUT2D eigenvalue weighted by Crippen LogP contribution is 2.40. The summed E-state index contributed by atoms with van der Waals surface area (Å²) in [6, 6.07) is 9.18. The molecule has 0 bridgehead atoms. The van der Waals surface area contributed by atoms with Crippen molar-refractivity contribution in [3.63, 3.8) is 0 Å². The molecule has 0 atom stereocenters. The Morgan fingerprint density at radius 1 is 1.06 bits per heavy atom. The number of hydrogen-bond acceptors (Lipinski definition) is 1. The standard InChI is InChI=1S/C17H27N/c1-16(2,3)15-8-6-14(7-9-15)12-17(13-18)10-4-5-11-17/h6-9H,4-5,10-13,18H2,1-3H3. The van der Waals surface area contributed by atoms with Crippen molar-refractivity contribution in [2.24, 2.45) is 11.1 Å². The highest BCUT2D eigenvalue weighted by molar-refractivity contribution is 5.28. The van der Waals surface area contributed by atoms with Crippen molar-refractivity contribution in [1.29, 1.82) is 0 Å². The van der Waals surface area contributed by atoms with Gasteiger partial charge in [0.2, 0.25) is 0 Å². The van der Waals surface area contributed by atoms with E-state index in [-0.39, 0.29) is 5.41 Å². The van der Waals surface area contributed by atoms with Crippen LogP contribution in [0.15, 0.2) is 24.3 Å². The molecule has 1 saturated carbocycles. The third-order valence-corrected chi connectivity index (χ3v) is 4.50. The van der Waals surface area contributed by atoms with Gasteiger partial charge in [-0.15, -0.1) is 0 Å². The largest absolute Gasteiger partial charge is 0.330 e. The summed E-state index contributed by atoms with van der Waals surface area (Å²) in [7, 11) is 0. The van der Waals surface area contributed by atoms with Crippen LogP contribution in [0.1, 0.15) is 57.6 Å². The average molecular weight is 245 g/mol. The molecule has 18 heavy (non-hydrogen) atoms. The Morgan fingerprint density at radius 2 is 1.61 bits per heavy atom. The zero-order valence-electron chi connectivity index (χ0n) is 12.1. The van der Waals surface area contributed by atoms with Crippen LogP contribution in [0.25, 0.3) is 0 Å². The first-order valence-electron chi connectivity index (χ1n) is 7.25. The Balaban J connectivity index is 2.11. The molecule has 0 heterocycles. The van der Waals surface area contributed by atoms with E-state index in [2.05, 4.69) is 45.0 Å². The molecule has 1 aromatic rings. The molecule has 2 rings (SSSR count). The molecule has 1 aromatic carbocycles. The third kappa shape index (κ3) is 2.95. The second kappa shape index (κ2) is 5.05. The predicted molar refractivity (Wildman–Crippen MR) is 78.8 cm³/mol. The first-order valence-corrected chi connectivity index (χ1v) is 7.25. The zero-order chi connectivity index (χ0) is 13.2. The quantitative estimate of drug-likeness (QED) is 0.854. The molecule has 1 heteroatoms. The lowest BCUT2D eigenvalue weighted by Crippen LogP contribution is -2.29. The van der Waals surface area contributed by atoms with Crippen LogP contribution in [0.2, 0.25) is 0 Å². The fourth-order valence-electron chi connectivity index (χ4n) is 3.13. The summed E-state index contributed by atoms with van der Waals surface area (Å²) < 4.78 is 0. The summed E-state index contributed by atoms with van der Waals surface area (Å²) in [6.07, 6.45) is 6.50. The Bertz CT molecular complexity index is 377. The van der Waals surface area contributed by atoms with E-state index in [1.54, 1.807) is 0 Å². The van der Waals surface area contributed by atoms with E-state index < -0.39 is 0 Å². The van der Waals surface area contributed by atoms with Gasteiger partial charge in [-0.2, -0.15) is 0 Å². The van der Waals surface area contributed by atoms with Crippen molar-refractivity contribution in [2.45, 2.75) is 58.3 Å². The van der Waals surface area contributed by atoms with E-state index >= 15 is 0 Å². The third-order valence-electron chi connectivity index (χ3n) is 4.50. The molecule has 0 unspecified atom stereocenters. The van der Waals surface area contributed by atoms with Crippen LogP contribution in [0, 0.1) is 5.41 Å². The van der Waals surface area contributed by atoms with Crippen molar-refractivity contribution in [3.05, 3.63) is 35.4 Å². The van der Waals surface area contributed by atoms with Gasteiger partial charge >= 0.3 is 0 Å². The monoisotopic (exact) mass is 245 g/mol. The van der Waals surface area contributed by atoms with Crippen LogP contribution in [0.5, 0.6) is 0 Å². The molecule has 1 aliphatic carbocycles. The minimum atomic E-state index is 0.247. The molecule has 0 saturated heterocycles. The SMILES string of the molecule is CC(C)(C)c1ccc(CC2(CN)CCCC2)cc1. The second-order valence-electron chi connectivity index (χ2n) is 7.03. The van der Waals surface area contributed by atoms with Crippen molar-refractivity contribution in [2.75, 3.05) is 6.54 Å².